The van der Waals surface area contributed by atoms with E-state index in [4.69, 9.17) is 0 Å². The van der Waals surface area contributed by atoms with Gasteiger partial charge in [-0.25, -0.2) is 4.39 Å². The smallest absolute Gasteiger partial charge is 0.254 e. The standard InChI is InChI=1S/C18H26FNO/c1-13(2)11-18(9-4-5-10-18)12-20-17(21)15-8-6-7-14(3)16(15)19/h6-8,13H,4-5,9-12H2,1-3H3,(H,20,21). The first-order valence-corrected chi connectivity index (χ1v) is 7.97. The second-order valence-corrected chi connectivity index (χ2v) is 6.92. The minimum Gasteiger partial charge on any atom is -0.351 e. The molecule has 0 heterocycles. The molecule has 1 aliphatic rings. The zero-order valence-corrected chi connectivity index (χ0v) is 13.3. The van der Waals surface area contributed by atoms with Crippen LogP contribution in [-0.4, -0.2) is 12.5 Å². The average molecular weight is 291 g/mol. The Morgan fingerprint density at radius 2 is 2.00 bits per heavy atom. The van der Waals surface area contributed by atoms with Crippen LogP contribution in [-0.2, 0) is 0 Å². The van der Waals surface area contributed by atoms with Crippen molar-refractivity contribution in [1.29, 1.82) is 0 Å². The summed E-state index contributed by atoms with van der Waals surface area (Å²) in [4.78, 5) is 12.3. The summed E-state index contributed by atoms with van der Waals surface area (Å²) in [6.07, 6.45) is 5.94. The first-order valence-electron chi connectivity index (χ1n) is 7.97. The molecule has 0 unspecified atom stereocenters. The van der Waals surface area contributed by atoms with Crippen molar-refractivity contribution in [3.63, 3.8) is 0 Å². The minimum absolute atomic E-state index is 0.160. The maximum atomic E-state index is 14.0. The van der Waals surface area contributed by atoms with Gasteiger partial charge in [0.1, 0.15) is 5.82 Å². The van der Waals surface area contributed by atoms with E-state index in [9.17, 15) is 9.18 Å². The van der Waals surface area contributed by atoms with E-state index in [1.807, 2.05) is 0 Å². The third-order valence-corrected chi connectivity index (χ3v) is 4.57. The summed E-state index contributed by atoms with van der Waals surface area (Å²) in [5.74, 6) is -0.0683. The number of halogens is 1. The predicted molar refractivity (Wildman–Crippen MR) is 83.8 cm³/mol. The summed E-state index contributed by atoms with van der Waals surface area (Å²) in [5, 5.41) is 2.98. The van der Waals surface area contributed by atoms with E-state index in [1.54, 1.807) is 25.1 Å². The monoisotopic (exact) mass is 291 g/mol. The molecule has 1 aromatic rings. The third-order valence-electron chi connectivity index (χ3n) is 4.57. The molecule has 0 saturated heterocycles. The topological polar surface area (TPSA) is 29.1 Å². The van der Waals surface area contributed by atoms with Gasteiger partial charge in [0.25, 0.3) is 5.91 Å². The molecule has 3 heteroatoms. The van der Waals surface area contributed by atoms with Gasteiger partial charge >= 0.3 is 0 Å². The fraction of sp³-hybridized carbons (Fsp3) is 0.611. The van der Waals surface area contributed by atoms with E-state index < -0.39 is 5.82 Å². The van der Waals surface area contributed by atoms with Crippen LogP contribution in [0.3, 0.4) is 0 Å². The number of nitrogens with one attached hydrogen (secondary N) is 1. The Morgan fingerprint density at radius 3 is 2.62 bits per heavy atom. The molecule has 1 fully saturated rings. The Hall–Kier alpha value is -1.38. The van der Waals surface area contributed by atoms with E-state index >= 15 is 0 Å². The van der Waals surface area contributed by atoms with Gasteiger partial charge in [-0.1, -0.05) is 38.8 Å². The van der Waals surface area contributed by atoms with Crippen LogP contribution in [0.1, 0.15) is 61.9 Å². The minimum atomic E-state index is -0.403. The van der Waals surface area contributed by atoms with Crippen molar-refractivity contribution in [2.45, 2.75) is 52.9 Å². The summed E-state index contributed by atoms with van der Waals surface area (Å²) in [5.41, 5.74) is 0.887. The second kappa shape index (κ2) is 6.59. The SMILES string of the molecule is Cc1cccc(C(=O)NCC2(CC(C)C)CCCC2)c1F. The summed E-state index contributed by atoms with van der Waals surface area (Å²) in [7, 11) is 0. The van der Waals surface area contributed by atoms with Gasteiger partial charge in [0, 0.05) is 6.54 Å². The van der Waals surface area contributed by atoms with E-state index in [0.29, 0.717) is 18.0 Å². The molecule has 2 rings (SSSR count). The fourth-order valence-corrected chi connectivity index (χ4v) is 3.63. The van der Waals surface area contributed by atoms with E-state index in [2.05, 4.69) is 19.2 Å². The third kappa shape index (κ3) is 3.84. The number of carbonyl (C=O) groups excluding carboxylic acids is 1. The van der Waals surface area contributed by atoms with Gasteiger partial charge < -0.3 is 5.32 Å². The number of rotatable bonds is 5. The Morgan fingerprint density at radius 1 is 1.33 bits per heavy atom. The Bertz CT molecular complexity index is 504. The Kier molecular flexibility index (Phi) is 5.02. The summed E-state index contributed by atoms with van der Waals surface area (Å²) >= 11 is 0. The highest BCUT2D eigenvalue weighted by molar-refractivity contribution is 5.94. The second-order valence-electron chi connectivity index (χ2n) is 6.92. The van der Waals surface area contributed by atoms with E-state index in [0.717, 1.165) is 6.42 Å². The number of benzene rings is 1. The molecule has 0 aromatic heterocycles. The fourth-order valence-electron chi connectivity index (χ4n) is 3.63. The molecule has 2 nitrogen and oxygen atoms in total. The number of hydrogen-bond donors (Lipinski definition) is 1. The molecule has 0 aliphatic heterocycles. The molecular formula is C18H26FNO. The molecule has 1 aliphatic carbocycles. The zero-order chi connectivity index (χ0) is 15.5. The van der Waals surface area contributed by atoms with Gasteiger partial charge in [0.05, 0.1) is 5.56 Å². The van der Waals surface area contributed by atoms with Crippen molar-refractivity contribution in [3.05, 3.63) is 35.1 Å². The molecule has 0 atom stereocenters. The van der Waals surface area contributed by atoms with Crippen molar-refractivity contribution in [3.8, 4) is 0 Å². The molecule has 116 valence electrons. The summed E-state index contributed by atoms with van der Waals surface area (Å²) < 4.78 is 14.0. The van der Waals surface area contributed by atoms with Crippen molar-refractivity contribution in [2.24, 2.45) is 11.3 Å². The van der Waals surface area contributed by atoms with Gasteiger partial charge in [-0.05, 0) is 49.1 Å². The molecular weight excluding hydrogens is 265 g/mol. The first-order chi connectivity index (χ1) is 9.93. The van der Waals surface area contributed by atoms with Crippen LogP contribution >= 0.6 is 0 Å². The van der Waals surface area contributed by atoms with Gasteiger partial charge in [0.2, 0.25) is 0 Å². The first kappa shape index (κ1) is 16.0. The lowest BCUT2D eigenvalue weighted by Gasteiger charge is -2.31. The average Bonchev–Trinajstić information content (AvgIpc) is 2.87. The molecule has 0 radical (unpaired) electrons. The van der Waals surface area contributed by atoms with Crippen LogP contribution in [0, 0.1) is 24.1 Å². The number of aryl methyl sites for hydroxylation is 1. The highest BCUT2D eigenvalue weighted by atomic mass is 19.1. The van der Waals surface area contributed by atoms with Crippen LogP contribution in [0.2, 0.25) is 0 Å². The van der Waals surface area contributed by atoms with E-state index in [-0.39, 0.29) is 16.9 Å². The number of carbonyl (C=O) groups is 1. The molecule has 0 spiro atoms. The maximum absolute atomic E-state index is 14.0. The highest BCUT2D eigenvalue weighted by Gasteiger charge is 2.34. The van der Waals surface area contributed by atoms with Crippen molar-refractivity contribution in [2.75, 3.05) is 6.54 Å². The quantitative estimate of drug-likeness (QED) is 0.852. The van der Waals surface area contributed by atoms with Crippen LogP contribution in [0.4, 0.5) is 4.39 Å². The van der Waals surface area contributed by atoms with Gasteiger partial charge in [-0.2, -0.15) is 0 Å². The number of amides is 1. The molecule has 1 N–H and O–H groups in total. The highest BCUT2D eigenvalue weighted by Crippen LogP contribution is 2.42. The van der Waals surface area contributed by atoms with Crippen molar-refractivity contribution in [1.82, 2.24) is 5.32 Å². The molecule has 21 heavy (non-hydrogen) atoms. The van der Waals surface area contributed by atoms with Crippen LogP contribution < -0.4 is 5.32 Å². The van der Waals surface area contributed by atoms with Crippen LogP contribution in [0.25, 0.3) is 0 Å². The number of hydrogen-bond acceptors (Lipinski definition) is 1. The lowest BCUT2D eigenvalue weighted by molar-refractivity contribution is 0.0917. The zero-order valence-electron chi connectivity index (χ0n) is 13.3. The van der Waals surface area contributed by atoms with Gasteiger partial charge in [-0.3, -0.25) is 4.79 Å². The lowest BCUT2D eigenvalue weighted by atomic mass is 9.78. The summed E-state index contributed by atoms with van der Waals surface area (Å²) in [6.45, 7) is 6.80. The molecule has 0 bridgehead atoms. The van der Waals surface area contributed by atoms with Gasteiger partial charge in [-0.15, -0.1) is 0 Å². The van der Waals surface area contributed by atoms with Crippen molar-refractivity contribution >= 4 is 5.91 Å². The Labute approximate surface area is 127 Å². The molecule has 1 saturated carbocycles. The predicted octanol–water partition coefficient (Wildman–Crippen LogP) is 4.47. The lowest BCUT2D eigenvalue weighted by Crippen LogP contribution is -2.37. The van der Waals surface area contributed by atoms with Crippen LogP contribution in [0.5, 0.6) is 0 Å². The maximum Gasteiger partial charge on any atom is 0.254 e. The molecule has 1 amide bonds. The van der Waals surface area contributed by atoms with E-state index in [1.165, 1.54) is 25.7 Å². The normalized spacial score (nSPS) is 17.2. The van der Waals surface area contributed by atoms with Crippen molar-refractivity contribution < 1.29 is 9.18 Å². The largest absolute Gasteiger partial charge is 0.351 e. The molecule has 1 aromatic carbocycles. The van der Waals surface area contributed by atoms with Gasteiger partial charge in [0.15, 0.2) is 0 Å². The summed E-state index contributed by atoms with van der Waals surface area (Å²) in [6, 6.07) is 4.97. The van der Waals surface area contributed by atoms with Crippen LogP contribution in [0.15, 0.2) is 18.2 Å². The Balaban J connectivity index is 2.04.